The number of hydrogen-bond acceptors (Lipinski definition) is 10. The third-order valence-corrected chi connectivity index (χ3v) is 5.74. The van der Waals surface area contributed by atoms with Gasteiger partial charge in [-0.25, -0.2) is 4.79 Å². The molecule has 20 nitrogen and oxygen atoms in total. The molecule has 0 aromatic carbocycles. The number of nitrogens with zero attached hydrogens (tertiary/aromatic N) is 2. The van der Waals surface area contributed by atoms with Crippen molar-refractivity contribution >= 4 is 47.4 Å². The van der Waals surface area contributed by atoms with E-state index in [-0.39, 0.29) is 63.5 Å². The molecule has 5 amide bonds. The summed E-state index contributed by atoms with van der Waals surface area (Å²) in [6.45, 7) is 0.613. The van der Waals surface area contributed by atoms with Crippen LogP contribution in [0.3, 0.4) is 0 Å². The summed E-state index contributed by atoms with van der Waals surface area (Å²) >= 11 is 0. The Balaban J connectivity index is 5.75. The predicted molar refractivity (Wildman–Crippen MR) is 154 cm³/mol. The second-order valence-electron chi connectivity index (χ2n) is 9.44. The summed E-state index contributed by atoms with van der Waals surface area (Å²) in [7, 11) is 0. The Labute approximate surface area is 247 Å². The van der Waals surface area contributed by atoms with Gasteiger partial charge in [-0.3, -0.25) is 34.0 Å². The number of amides is 5. The highest BCUT2D eigenvalue weighted by molar-refractivity contribution is 5.95. The molecule has 0 aliphatic carbocycles. The van der Waals surface area contributed by atoms with Crippen molar-refractivity contribution in [3.05, 3.63) is 0 Å². The molecule has 0 spiro atoms. The number of carboxylic acids is 1. The van der Waals surface area contributed by atoms with E-state index in [4.69, 9.17) is 39.5 Å². The van der Waals surface area contributed by atoms with Gasteiger partial charge in [0.15, 0.2) is 11.9 Å². The highest BCUT2D eigenvalue weighted by Gasteiger charge is 2.30. The Hall–Kier alpha value is -4.72. The summed E-state index contributed by atoms with van der Waals surface area (Å²) in [6.07, 6.45) is 0.159. The molecule has 0 heterocycles. The minimum atomic E-state index is -1.64. The Kier molecular flexibility index (Phi) is 18.0. The highest BCUT2D eigenvalue weighted by Crippen LogP contribution is 2.05. The molecular weight excluding hydrogens is 572 g/mol. The SMILES string of the molecule is C[C@H](NC(=O)[C@@H](N)CCC(N)=O)C(=O)N[C@@H](CCCN=C(N)N)C(=O)N[C@@H](CCCN=C(N)N)C(=O)N[C@@H](CO)C(=O)O. The maximum atomic E-state index is 13.3. The van der Waals surface area contributed by atoms with E-state index in [1.807, 2.05) is 0 Å². The molecule has 0 aliphatic rings. The summed E-state index contributed by atoms with van der Waals surface area (Å²) in [5.74, 6) is -5.80. The second-order valence-corrected chi connectivity index (χ2v) is 9.44. The van der Waals surface area contributed by atoms with Gasteiger partial charge in [0.25, 0.3) is 0 Å². The minimum absolute atomic E-state index is 0.0100. The van der Waals surface area contributed by atoms with Crippen LogP contribution >= 0.6 is 0 Å². The number of aliphatic hydroxyl groups excluding tert-OH is 1. The quantitative estimate of drug-likeness (QED) is 0.0324. The molecule has 0 bridgehead atoms. The summed E-state index contributed by atoms with van der Waals surface area (Å²) in [6, 6.07) is -6.50. The van der Waals surface area contributed by atoms with Gasteiger partial charge in [0, 0.05) is 19.5 Å². The molecule has 20 heteroatoms. The highest BCUT2D eigenvalue weighted by atomic mass is 16.4. The van der Waals surface area contributed by atoms with Crippen LogP contribution in [0.25, 0.3) is 0 Å². The summed E-state index contributed by atoms with van der Waals surface area (Å²) in [5, 5.41) is 27.9. The first-order valence-electron chi connectivity index (χ1n) is 13.3. The van der Waals surface area contributed by atoms with Gasteiger partial charge in [-0.1, -0.05) is 0 Å². The van der Waals surface area contributed by atoms with Crippen LogP contribution in [0.5, 0.6) is 0 Å². The van der Waals surface area contributed by atoms with Gasteiger partial charge in [0.1, 0.15) is 24.2 Å². The Bertz CT molecular complexity index is 1030. The number of carbonyl (C=O) groups is 6. The summed E-state index contributed by atoms with van der Waals surface area (Å²) < 4.78 is 0. The molecule has 244 valence electrons. The van der Waals surface area contributed by atoms with Crippen LogP contribution < -0.4 is 55.7 Å². The molecule has 0 fully saturated rings. The fourth-order valence-corrected chi connectivity index (χ4v) is 3.39. The van der Waals surface area contributed by atoms with Crippen LogP contribution in [0, 0.1) is 0 Å². The van der Waals surface area contributed by atoms with E-state index in [2.05, 4.69) is 31.3 Å². The zero-order chi connectivity index (χ0) is 33.1. The molecule has 18 N–H and O–H groups in total. The van der Waals surface area contributed by atoms with E-state index in [1.165, 1.54) is 6.92 Å². The summed E-state index contributed by atoms with van der Waals surface area (Å²) in [4.78, 5) is 81.1. The Morgan fingerprint density at radius 1 is 0.674 bits per heavy atom. The first-order chi connectivity index (χ1) is 20.1. The van der Waals surface area contributed by atoms with E-state index in [1.54, 1.807) is 0 Å². The number of nitrogens with two attached hydrogens (primary N) is 6. The van der Waals surface area contributed by atoms with Gasteiger partial charge in [-0.15, -0.1) is 0 Å². The lowest BCUT2D eigenvalue weighted by molar-refractivity contribution is -0.143. The molecule has 0 unspecified atom stereocenters. The fourth-order valence-electron chi connectivity index (χ4n) is 3.39. The predicted octanol–water partition coefficient (Wildman–Crippen LogP) is -6.28. The van der Waals surface area contributed by atoms with Crippen molar-refractivity contribution in [3.63, 3.8) is 0 Å². The van der Waals surface area contributed by atoms with Crippen LogP contribution in [-0.4, -0.2) is 108 Å². The molecule has 0 radical (unpaired) electrons. The number of carboxylic acid groups (broad SMARTS) is 1. The number of aliphatic imine (C=N–C) groups is 2. The maximum Gasteiger partial charge on any atom is 0.328 e. The number of nitrogens with one attached hydrogen (secondary N) is 4. The van der Waals surface area contributed by atoms with E-state index >= 15 is 0 Å². The third-order valence-electron chi connectivity index (χ3n) is 5.74. The number of aliphatic carboxylic acids is 1. The van der Waals surface area contributed by atoms with Crippen molar-refractivity contribution in [1.29, 1.82) is 0 Å². The molecule has 0 aliphatic heterocycles. The number of aliphatic hydroxyl groups is 1. The lowest BCUT2D eigenvalue weighted by Gasteiger charge is -2.25. The van der Waals surface area contributed by atoms with Crippen molar-refractivity contribution in [2.75, 3.05) is 19.7 Å². The molecule has 0 aromatic heterocycles. The smallest absolute Gasteiger partial charge is 0.328 e. The molecule has 43 heavy (non-hydrogen) atoms. The summed E-state index contributed by atoms with van der Waals surface area (Å²) in [5.41, 5.74) is 32.0. The molecule has 0 aromatic rings. The van der Waals surface area contributed by atoms with Crippen LogP contribution in [0.1, 0.15) is 45.4 Å². The molecule has 5 atom stereocenters. The number of primary amides is 1. The van der Waals surface area contributed by atoms with Crippen molar-refractivity contribution in [2.24, 2.45) is 44.4 Å². The van der Waals surface area contributed by atoms with E-state index in [0.717, 1.165) is 0 Å². The first-order valence-corrected chi connectivity index (χ1v) is 13.3. The van der Waals surface area contributed by atoms with E-state index in [9.17, 15) is 33.9 Å². The van der Waals surface area contributed by atoms with Crippen molar-refractivity contribution in [1.82, 2.24) is 21.3 Å². The monoisotopic (exact) mass is 616 g/mol. The number of guanidine groups is 2. The minimum Gasteiger partial charge on any atom is -0.480 e. The lowest BCUT2D eigenvalue weighted by Crippen LogP contribution is -2.58. The molecule has 0 saturated carbocycles. The third kappa shape index (κ3) is 17.0. The van der Waals surface area contributed by atoms with Gasteiger partial charge < -0.3 is 65.9 Å². The van der Waals surface area contributed by atoms with Gasteiger partial charge in [-0.05, 0) is 39.0 Å². The molecule has 0 saturated heterocycles. The largest absolute Gasteiger partial charge is 0.480 e. The normalized spacial score (nSPS) is 14.0. The van der Waals surface area contributed by atoms with Crippen LogP contribution in [0.15, 0.2) is 9.98 Å². The van der Waals surface area contributed by atoms with Crippen LogP contribution in [-0.2, 0) is 28.8 Å². The first kappa shape index (κ1) is 38.3. The maximum absolute atomic E-state index is 13.3. The standard InChI is InChI=1S/C23H44N12O8/c1-11(32-18(39)12(24)6-7-16(25)37)17(38)33-13(4-2-8-30-22(26)27)19(40)34-14(5-3-9-31-23(28)29)20(41)35-15(10-36)21(42)43/h11-15,36H,2-10,24H2,1H3,(H2,25,37)(H,32,39)(H,33,38)(H,34,40)(H,35,41)(H,42,43)(H4,26,27,30)(H4,28,29,31)/t11-,12-,13-,14-,15-/m0/s1. The van der Waals surface area contributed by atoms with E-state index in [0.29, 0.717) is 0 Å². The zero-order valence-corrected chi connectivity index (χ0v) is 24.0. The number of rotatable bonds is 21. The Morgan fingerprint density at radius 2 is 1.12 bits per heavy atom. The van der Waals surface area contributed by atoms with Gasteiger partial charge in [-0.2, -0.15) is 0 Å². The Morgan fingerprint density at radius 3 is 1.51 bits per heavy atom. The molecule has 0 rings (SSSR count). The van der Waals surface area contributed by atoms with Gasteiger partial charge in [0.2, 0.25) is 29.5 Å². The van der Waals surface area contributed by atoms with E-state index < -0.39 is 72.3 Å². The van der Waals surface area contributed by atoms with Crippen LogP contribution in [0.4, 0.5) is 0 Å². The van der Waals surface area contributed by atoms with Crippen molar-refractivity contribution < 1.29 is 39.0 Å². The number of carbonyl (C=O) groups excluding carboxylic acids is 5. The number of hydrogen-bond donors (Lipinski definition) is 12. The van der Waals surface area contributed by atoms with Gasteiger partial charge >= 0.3 is 5.97 Å². The van der Waals surface area contributed by atoms with Crippen LogP contribution in [0.2, 0.25) is 0 Å². The van der Waals surface area contributed by atoms with Crippen molar-refractivity contribution in [2.45, 2.75) is 75.7 Å². The molecular formula is C23H44N12O8. The van der Waals surface area contributed by atoms with Crippen molar-refractivity contribution in [3.8, 4) is 0 Å². The lowest BCUT2D eigenvalue weighted by atomic mass is 10.1. The average Bonchev–Trinajstić information content (AvgIpc) is 2.92. The second kappa shape index (κ2) is 20.2. The average molecular weight is 617 g/mol. The van der Waals surface area contributed by atoms with Gasteiger partial charge in [0.05, 0.1) is 12.6 Å². The topological polar surface area (TPSA) is 372 Å². The fraction of sp³-hybridized carbons (Fsp3) is 0.652. The zero-order valence-electron chi connectivity index (χ0n) is 24.0.